The second kappa shape index (κ2) is 14.2. The van der Waals surface area contributed by atoms with Crippen molar-refractivity contribution in [2.45, 2.75) is 97.5 Å². The van der Waals surface area contributed by atoms with Crippen molar-refractivity contribution in [3.8, 4) is 0 Å². The fraction of sp³-hybridized carbons (Fsp3) is 0.640. The molecule has 0 saturated heterocycles. The molecule has 1 rings (SSSR count). The number of hydrogen-bond donors (Lipinski definition) is 0. The van der Waals surface area contributed by atoms with Crippen LogP contribution in [0.3, 0.4) is 0 Å². The molecule has 2 nitrogen and oxygen atoms in total. The van der Waals surface area contributed by atoms with E-state index >= 15 is 0 Å². The first-order valence-electron chi connectivity index (χ1n) is 11.4. The summed E-state index contributed by atoms with van der Waals surface area (Å²) in [5, 5.41) is 0. The summed E-state index contributed by atoms with van der Waals surface area (Å²) in [6.45, 7) is 11.5. The third-order valence-corrected chi connectivity index (χ3v) is 21.1. The van der Waals surface area contributed by atoms with Crippen LogP contribution in [0.4, 0.5) is 0 Å². The molecule has 0 aliphatic rings. The summed E-state index contributed by atoms with van der Waals surface area (Å²) < 4.78 is 11.1. The zero-order valence-corrected chi connectivity index (χ0v) is 21.8. The molecular weight excluding hydrogens is 451 g/mol. The molecule has 0 radical (unpaired) electrons. The first-order valence-corrected chi connectivity index (χ1v) is 19.4. The number of ether oxygens (including phenoxy) is 1. The van der Waals surface area contributed by atoms with E-state index in [2.05, 4.69) is 34.6 Å². The van der Waals surface area contributed by atoms with Crippen LogP contribution in [-0.2, 0) is 16.1 Å². The van der Waals surface area contributed by atoms with E-state index in [1.54, 1.807) is 0 Å². The van der Waals surface area contributed by atoms with Gasteiger partial charge in [0.1, 0.15) is 0 Å². The van der Waals surface area contributed by atoms with Crippen LogP contribution in [-0.4, -0.2) is 24.3 Å². The molecule has 0 unspecified atom stereocenters. The molecule has 0 N–H and O–H groups in total. The van der Waals surface area contributed by atoms with Crippen molar-refractivity contribution in [3.05, 3.63) is 47.0 Å². The summed E-state index contributed by atoms with van der Waals surface area (Å²) >= 11 is -2.41. The van der Waals surface area contributed by atoms with Crippen LogP contribution < -0.4 is 0 Å². The second-order valence-electron chi connectivity index (χ2n) is 8.53. The first kappa shape index (κ1) is 25.3. The fourth-order valence-electron chi connectivity index (χ4n) is 3.93. The quantitative estimate of drug-likeness (QED) is 0.150. The maximum absolute atomic E-state index is 13.0. The average molecular weight is 493 g/mol. The van der Waals surface area contributed by atoms with E-state index in [1.165, 1.54) is 51.8 Å². The van der Waals surface area contributed by atoms with E-state index in [0.717, 1.165) is 21.1 Å². The van der Waals surface area contributed by atoms with E-state index in [9.17, 15) is 4.79 Å². The van der Waals surface area contributed by atoms with E-state index in [4.69, 9.17) is 4.74 Å². The number of carbonyl (C=O) groups excluding carboxylic acids is 1. The number of benzene rings is 1. The Labute approximate surface area is 178 Å². The Morgan fingerprint density at radius 2 is 1.36 bits per heavy atom. The summed E-state index contributed by atoms with van der Waals surface area (Å²) in [6, 6.07) is 10.0. The molecule has 3 heteroatoms. The van der Waals surface area contributed by atoms with Gasteiger partial charge in [-0.3, -0.25) is 0 Å². The van der Waals surface area contributed by atoms with E-state index in [1.807, 2.05) is 30.3 Å². The van der Waals surface area contributed by atoms with Gasteiger partial charge in [0.15, 0.2) is 0 Å². The molecule has 0 atom stereocenters. The number of rotatable bonds is 14. The third kappa shape index (κ3) is 9.15. The molecule has 0 saturated carbocycles. The molecule has 158 valence electrons. The van der Waals surface area contributed by atoms with Crippen molar-refractivity contribution in [1.82, 2.24) is 0 Å². The van der Waals surface area contributed by atoms with Crippen molar-refractivity contribution in [1.29, 1.82) is 0 Å². The Morgan fingerprint density at radius 3 is 1.79 bits per heavy atom. The van der Waals surface area contributed by atoms with Crippen LogP contribution in [0.15, 0.2) is 41.5 Å². The van der Waals surface area contributed by atoms with Crippen molar-refractivity contribution in [2.24, 2.45) is 0 Å². The van der Waals surface area contributed by atoms with Crippen LogP contribution >= 0.6 is 0 Å². The van der Waals surface area contributed by atoms with Crippen LogP contribution in [0.25, 0.3) is 0 Å². The Hall–Kier alpha value is -0.771. The van der Waals surface area contributed by atoms with Gasteiger partial charge < -0.3 is 0 Å². The number of allylic oxidation sites excluding steroid dienone is 1. The molecule has 0 aliphatic heterocycles. The molecule has 0 heterocycles. The van der Waals surface area contributed by atoms with Gasteiger partial charge in [-0.05, 0) is 0 Å². The second-order valence-corrected chi connectivity index (χ2v) is 22.4. The van der Waals surface area contributed by atoms with Gasteiger partial charge in [0, 0.05) is 0 Å². The maximum atomic E-state index is 13.0. The normalized spacial score (nSPS) is 11.3. The Morgan fingerprint density at radius 1 is 0.857 bits per heavy atom. The van der Waals surface area contributed by atoms with Crippen LogP contribution in [0.1, 0.15) is 78.7 Å². The number of hydrogen-bond acceptors (Lipinski definition) is 2. The van der Waals surface area contributed by atoms with Crippen LogP contribution in [0.5, 0.6) is 0 Å². The predicted octanol–water partition coefficient (Wildman–Crippen LogP) is 7.92. The van der Waals surface area contributed by atoms with Gasteiger partial charge in [-0.25, -0.2) is 0 Å². The van der Waals surface area contributed by atoms with Gasteiger partial charge in [-0.1, -0.05) is 0 Å². The van der Waals surface area contributed by atoms with Gasteiger partial charge in [-0.2, -0.15) is 0 Å². The minimum atomic E-state index is -2.41. The molecule has 1 aromatic carbocycles. The van der Waals surface area contributed by atoms with E-state index < -0.39 is 18.4 Å². The zero-order valence-electron chi connectivity index (χ0n) is 19.0. The van der Waals surface area contributed by atoms with E-state index in [-0.39, 0.29) is 5.97 Å². The minimum absolute atomic E-state index is 0.0746. The summed E-state index contributed by atoms with van der Waals surface area (Å²) in [7, 11) is 0. The monoisotopic (exact) mass is 494 g/mol. The molecule has 28 heavy (non-hydrogen) atoms. The predicted molar refractivity (Wildman–Crippen MR) is 124 cm³/mol. The third-order valence-electron chi connectivity index (χ3n) is 5.80. The Balaban J connectivity index is 2.96. The summed E-state index contributed by atoms with van der Waals surface area (Å²) in [6.07, 6.45) is 7.79. The van der Waals surface area contributed by atoms with Crippen molar-refractivity contribution in [2.75, 3.05) is 0 Å². The number of unbranched alkanes of at least 4 members (excludes halogenated alkanes) is 3. The van der Waals surface area contributed by atoms with Crippen molar-refractivity contribution in [3.63, 3.8) is 0 Å². The number of esters is 1. The molecule has 0 spiro atoms. The standard InChI is InChI=1S/C13H15O2.3C4H9.Sn/c1-10(2)11(3)13(14)15-9-12-7-5-4-6-8-12;3*1-3-4-2;/h4-8H,3,9H2,1-2H3;3*1,3-4H2,2H3;. The van der Waals surface area contributed by atoms with Crippen LogP contribution in [0, 0.1) is 0 Å². The molecule has 0 aliphatic carbocycles. The SMILES string of the molecule is CCC[CH2][Sn]([CH2]CCC)([CH2]CCC)[CH2]C(C(=O)OCc1ccccc1)=C(C)C. The molecular formula is C25H42O2Sn. The Kier molecular flexibility index (Phi) is 12.9. The zero-order chi connectivity index (χ0) is 20.8. The van der Waals surface area contributed by atoms with Gasteiger partial charge in [0.05, 0.1) is 0 Å². The van der Waals surface area contributed by atoms with Gasteiger partial charge in [-0.15, -0.1) is 0 Å². The van der Waals surface area contributed by atoms with E-state index in [0.29, 0.717) is 6.61 Å². The molecule has 1 aromatic rings. The molecule has 0 bridgehead atoms. The first-order chi connectivity index (χ1) is 13.5. The summed E-state index contributed by atoms with van der Waals surface area (Å²) in [5.74, 6) is -0.0746. The fourth-order valence-corrected chi connectivity index (χ4v) is 20.6. The number of carbonyl (C=O) groups is 1. The summed E-state index contributed by atoms with van der Waals surface area (Å²) in [5.41, 5.74) is 3.21. The average Bonchev–Trinajstić information content (AvgIpc) is 2.71. The van der Waals surface area contributed by atoms with Gasteiger partial charge >= 0.3 is 178 Å². The van der Waals surface area contributed by atoms with Gasteiger partial charge in [0.2, 0.25) is 0 Å². The van der Waals surface area contributed by atoms with Crippen molar-refractivity contribution >= 4 is 24.3 Å². The topological polar surface area (TPSA) is 26.3 Å². The van der Waals surface area contributed by atoms with Crippen molar-refractivity contribution < 1.29 is 9.53 Å². The molecule has 0 fully saturated rings. The Bertz CT molecular complexity index is 566. The molecule has 0 aromatic heterocycles. The van der Waals surface area contributed by atoms with Crippen LogP contribution in [0.2, 0.25) is 17.7 Å². The van der Waals surface area contributed by atoms with Gasteiger partial charge in [0.25, 0.3) is 0 Å². The molecule has 0 amide bonds. The summed E-state index contributed by atoms with van der Waals surface area (Å²) in [4.78, 5) is 13.0.